The van der Waals surface area contributed by atoms with E-state index in [-0.39, 0.29) is 29.7 Å². The highest BCUT2D eigenvalue weighted by molar-refractivity contribution is 6.02. The molecule has 1 aromatic heterocycles. The third kappa shape index (κ3) is 7.14. The molecule has 150 valence electrons. The van der Waals surface area contributed by atoms with Gasteiger partial charge in [-0.2, -0.15) is 0 Å². The summed E-state index contributed by atoms with van der Waals surface area (Å²) in [6.07, 6.45) is 1.46. The van der Waals surface area contributed by atoms with E-state index in [0.717, 1.165) is 5.56 Å². The number of anilines is 1. The molecule has 0 fully saturated rings. The van der Waals surface area contributed by atoms with Gasteiger partial charge >= 0.3 is 0 Å². The van der Waals surface area contributed by atoms with E-state index in [1.54, 1.807) is 19.2 Å². The van der Waals surface area contributed by atoms with Crippen molar-refractivity contribution >= 4 is 23.5 Å². The summed E-state index contributed by atoms with van der Waals surface area (Å²) in [5.41, 5.74) is 1.40. The second-order valence-corrected chi connectivity index (χ2v) is 7.21. The highest BCUT2D eigenvalue weighted by atomic mass is 16.3. The lowest BCUT2D eigenvalue weighted by atomic mass is 10.1. The quantitative estimate of drug-likeness (QED) is 0.450. The predicted molar refractivity (Wildman–Crippen MR) is 109 cm³/mol. The van der Waals surface area contributed by atoms with E-state index < -0.39 is 0 Å². The van der Waals surface area contributed by atoms with Crippen LogP contribution in [0.4, 0.5) is 5.69 Å². The Bertz CT molecular complexity index is 805. The smallest absolute Gasteiger partial charge is 0.291 e. The van der Waals surface area contributed by atoms with Gasteiger partial charge < -0.3 is 25.7 Å². The van der Waals surface area contributed by atoms with Crippen molar-refractivity contribution < 1.29 is 14.0 Å². The van der Waals surface area contributed by atoms with Crippen molar-refractivity contribution in [3.8, 4) is 0 Å². The van der Waals surface area contributed by atoms with Crippen LogP contribution in [0, 0.1) is 0 Å². The van der Waals surface area contributed by atoms with E-state index in [1.807, 2.05) is 45.0 Å². The largest absolute Gasteiger partial charge is 0.459 e. The van der Waals surface area contributed by atoms with Crippen LogP contribution in [0.1, 0.15) is 36.9 Å². The van der Waals surface area contributed by atoms with E-state index >= 15 is 0 Å². The van der Waals surface area contributed by atoms with Crippen molar-refractivity contribution in [3.05, 3.63) is 54.0 Å². The third-order valence-corrected chi connectivity index (χ3v) is 3.57. The molecule has 0 unspecified atom stereocenters. The zero-order chi connectivity index (χ0) is 20.6. The molecule has 0 bridgehead atoms. The number of benzene rings is 1. The van der Waals surface area contributed by atoms with Crippen LogP contribution in [0.2, 0.25) is 0 Å². The van der Waals surface area contributed by atoms with Gasteiger partial charge in [-0.1, -0.05) is 12.1 Å². The fourth-order valence-electron chi connectivity index (χ4n) is 2.34. The maximum absolute atomic E-state index is 12.0. The topological polar surface area (TPSA) is 108 Å². The average Bonchev–Trinajstić information content (AvgIpc) is 3.16. The molecule has 2 amide bonds. The summed E-state index contributed by atoms with van der Waals surface area (Å²) in [5.74, 6) is 0.386. The van der Waals surface area contributed by atoms with Crippen molar-refractivity contribution in [2.75, 3.05) is 18.9 Å². The van der Waals surface area contributed by atoms with Crippen LogP contribution in [-0.4, -0.2) is 36.9 Å². The van der Waals surface area contributed by atoms with Gasteiger partial charge in [-0.3, -0.25) is 14.6 Å². The van der Waals surface area contributed by atoms with E-state index in [4.69, 9.17) is 4.42 Å². The molecule has 8 nitrogen and oxygen atoms in total. The molecule has 0 saturated carbocycles. The minimum atomic E-state index is -0.297. The Labute approximate surface area is 164 Å². The van der Waals surface area contributed by atoms with E-state index in [0.29, 0.717) is 18.2 Å². The Morgan fingerprint density at radius 2 is 1.79 bits per heavy atom. The molecule has 1 heterocycles. The molecule has 0 spiro atoms. The van der Waals surface area contributed by atoms with Crippen molar-refractivity contribution in [3.63, 3.8) is 0 Å². The van der Waals surface area contributed by atoms with Gasteiger partial charge in [0, 0.05) is 24.8 Å². The molecule has 2 aromatic rings. The fourth-order valence-corrected chi connectivity index (χ4v) is 2.34. The first kappa shape index (κ1) is 21.0. The van der Waals surface area contributed by atoms with Crippen LogP contribution in [0.25, 0.3) is 0 Å². The summed E-state index contributed by atoms with van der Waals surface area (Å²) >= 11 is 0. The summed E-state index contributed by atoms with van der Waals surface area (Å²) in [6.45, 7) is 6.44. The minimum absolute atomic E-state index is 0.105. The number of nitrogens with one attached hydrogen (secondary N) is 4. The Kier molecular flexibility index (Phi) is 7.20. The zero-order valence-corrected chi connectivity index (χ0v) is 16.6. The number of furan rings is 1. The summed E-state index contributed by atoms with van der Waals surface area (Å²) in [7, 11) is 1.64. The maximum atomic E-state index is 12.0. The van der Waals surface area contributed by atoms with Crippen molar-refractivity contribution in [2.24, 2.45) is 4.99 Å². The molecule has 4 N–H and O–H groups in total. The lowest BCUT2D eigenvalue weighted by Gasteiger charge is -2.21. The van der Waals surface area contributed by atoms with Gasteiger partial charge in [0.05, 0.1) is 12.8 Å². The van der Waals surface area contributed by atoms with Crippen LogP contribution in [0.3, 0.4) is 0 Å². The van der Waals surface area contributed by atoms with Crippen molar-refractivity contribution in [1.82, 2.24) is 16.0 Å². The highest BCUT2D eigenvalue weighted by Crippen LogP contribution is 2.11. The van der Waals surface area contributed by atoms with Crippen LogP contribution < -0.4 is 21.3 Å². The van der Waals surface area contributed by atoms with Crippen molar-refractivity contribution in [2.45, 2.75) is 32.9 Å². The Morgan fingerprint density at radius 1 is 1.07 bits per heavy atom. The van der Waals surface area contributed by atoms with Crippen LogP contribution in [-0.2, 0) is 11.3 Å². The second kappa shape index (κ2) is 9.59. The first-order valence-corrected chi connectivity index (χ1v) is 8.96. The monoisotopic (exact) mass is 385 g/mol. The van der Waals surface area contributed by atoms with E-state index in [2.05, 4.69) is 26.3 Å². The summed E-state index contributed by atoms with van der Waals surface area (Å²) < 4.78 is 5.06. The van der Waals surface area contributed by atoms with Gasteiger partial charge in [-0.25, -0.2) is 0 Å². The summed E-state index contributed by atoms with van der Waals surface area (Å²) in [4.78, 5) is 27.9. The van der Waals surface area contributed by atoms with E-state index in [9.17, 15) is 9.59 Å². The van der Waals surface area contributed by atoms with Crippen LogP contribution >= 0.6 is 0 Å². The van der Waals surface area contributed by atoms with Gasteiger partial charge in [0.25, 0.3) is 5.91 Å². The number of amides is 2. The summed E-state index contributed by atoms with van der Waals surface area (Å²) in [6, 6.07) is 10.7. The Hall–Kier alpha value is -3.29. The van der Waals surface area contributed by atoms with E-state index in [1.165, 1.54) is 6.26 Å². The number of nitrogens with zero attached hydrogens (tertiary/aromatic N) is 1. The van der Waals surface area contributed by atoms with Gasteiger partial charge in [0.2, 0.25) is 5.91 Å². The molecule has 0 aliphatic carbocycles. The summed E-state index contributed by atoms with van der Waals surface area (Å²) in [5, 5.41) is 11.8. The zero-order valence-electron chi connectivity index (χ0n) is 16.6. The molecule has 2 rings (SSSR count). The first-order chi connectivity index (χ1) is 13.3. The average molecular weight is 385 g/mol. The van der Waals surface area contributed by atoms with Gasteiger partial charge in [0.1, 0.15) is 0 Å². The number of hydrogen-bond acceptors (Lipinski definition) is 4. The van der Waals surface area contributed by atoms with Gasteiger partial charge in [-0.05, 0) is 50.6 Å². The molecular weight excluding hydrogens is 358 g/mol. The molecule has 28 heavy (non-hydrogen) atoms. The molecule has 8 heteroatoms. The maximum Gasteiger partial charge on any atom is 0.291 e. The van der Waals surface area contributed by atoms with Crippen molar-refractivity contribution in [1.29, 1.82) is 0 Å². The van der Waals surface area contributed by atoms with Crippen LogP contribution in [0.5, 0.6) is 0 Å². The normalized spacial score (nSPS) is 11.6. The molecule has 0 aliphatic heterocycles. The fraction of sp³-hybridized carbons (Fsp3) is 0.350. The van der Waals surface area contributed by atoms with Gasteiger partial charge in [0.15, 0.2) is 11.7 Å². The van der Waals surface area contributed by atoms with Gasteiger partial charge in [-0.15, -0.1) is 0 Å². The number of carbonyl (C=O) groups excluding carboxylic acids is 2. The lowest BCUT2D eigenvalue weighted by molar-refractivity contribution is -0.121. The Balaban J connectivity index is 1.79. The minimum Gasteiger partial charge on any atom is -0.459 e. The number of rotatable bonds is 6. The number of hydrogen-bond donors (Lipinski definition) is 4. The highest BCUT2D eigenvalue weighted by Gasteiger charge is 2.13. The number of guanidine groups is 1. The molecule has 0 radical (unpaired) electrons. The number of carbonyl (C=O) groups is 2. The lowest BCUT2D eigenvalue weighted by Crippen LogP contribution is -2.48. The molecule has 1 aromatic carbocycles. The molecule has 0 saturated heterocycles. The standard InChI is InChI=1S/C20H27N5O3/c1-20(2,3)25-17(26)13-23-19(21-4)22-12-14-7-9-15(10-8-14)24-18(27)16-6-5-11-28-16/h5-11H,12-13H2,1-4H3,(H,24,27)(H,25,26)(H2,21,22,23). The number of aliphatic imine (C=N–C) groups is 1. The first-order valence-electron chi connectivity index (χ1n) is 8.96. The molecule has 0 atom stereocenters. The Morgan fingerprint density at radius 3 is 2.36 bits per heavy atom. The second-order valence-electron chi connectivity index (χ2n) is 7.21. The predicted octanol–water partition coefficient (Wildman–Crippen LogP) is 2.11. The third-order valence-electron chi connectivity index (χ3n) is 3.57. The molecule has 0 aliphatic rings. The van der Waals surface area contributed by atoms with Crippen LogP contribution in [0.15, 0.2) is 52.1 Å². The SMILES string of the molecule is CN=C(NCC(=O)NC(C)(C)C)NCc1ccc(NC(=O)c2ccco2)cc1. The molecular formula is C20H27N5O3.